The van der Waals surface area contributed by atoms with Gasteiger partial charge in [-0.05, 0) is 22.8 Å². The lowest BCUT2D eigenvalue weighted by Gasteiger charge is -2.08. The Hall–Kier alpha value is -2.11. The highest BCUT2D eigenvalue weighted by Crippen LogP contribution is 2.26. The zero-order chi connectivity index (χ0) is 11.4. The molecule has 16 heavy (non-hydrogen) atoms. The molecule has 0 aliphatic rings. The van der Waals surface area contributed by atoms with Crippen LogP contribution in [-0.4, -0.2) is 5.11 Å². The Morgan fingerprint density at radius 1 is 0.938 bits per heavy atom. The van der Waals surface area contributed by atoms with Gasteiger partial charge in [-0.3, -0.25) is 0 Å². The summed E-state index contributed by atoms with van der Waals surface area (Å²) in [6.45, 7) is -0.0179. The van der Waals surface area contributed by atoms with Crippen molar-refractivity contribution in [2.75, 3.05) is 0 Å². The van der Waals surface area contributed by atoms with Gasteiger partial charge in [0.15, 0.2) is 0 Å². The Labute approximate surface area is 94.4 Å². The molecule has 0 aliphatic carbocycles. The largest absolute Gasteiger partial charge is 0.392 e. The predicted molar refractivity (Wildman–Crippen MR) is 62.5 cm³/mol. The number of rotatable bonds is 2. The third-order valence-electron chi connectivity index (χ3n) is 2.53. The molecule has 0 fully saturated rings. The Bertz CT molecular complexity index is 540. The second-order valence-electron chi connectivity index (χ2n) is 3.47. The van der Waals surface area contributed by atoms with Crippen molar-refractivity contribution in [1.29, 1.82) is 5.26 Å². The van der Waals surface area contributed by atoms with Crippen LogP contribution in [0.25, 0.3) is 11.1 Å². The van der Waals surface area contributed by atoms with Gasteiger partial charge in [0.1, 0.15) is 0 Å². The standard InChI is InChI=1S/C14H11NO/c15-9-11-5-1-3-7-13(11)14-8-4-2-6-12(14)10-16/h1-8,16H,10H2. The predicted octanol–water partition coefficient (Wildman–Crippen LogP) is 2.72. The first-order valence-electron chi connectivity index (χ1n) is 5.05. The fourth-order valence-corrected chi connectivity index (χ4v) is 1.74. The van der Waals surface area contributed by atoms with Crippen LogP contribution in [-0.2, 0) is 6.61 Å². The second kappa shape index (κ2) is 4.61. The van der Waals surface area contributed by atoms with E-state index in [1.807, 2.05) is 42.5 Å². The average Bonchev–Trinajstić information content (AvgIpc) is 2.38. The first-order valence-corrected chi connectivity index (χ1v) is 5.05. The van der Waals surface area contributed by atoms with Crippen molar-refractivity contribution < 1.29 is 5.11 Å². The minimum atomic E-state index is -0.0179. The van der Waals surface area contributed by atoms with Gasteiger partial charge in [0.2, 0.25) is 0 Å². The number of nitrogens with zero attached hydrogens (tertiary/aromatic N) is 1. The molecule has 0 saturated carbocycles. The third-order valence-corrected chi connectivity index (χ3v) is 2.53. The van der Waals surface area contributed by atoms with E-state index in [9.17, 15) is 5.11 Å². The van der Waals surface area contributed by atoms with Gasteiger partial charge in [0, 0.05) is 0 Å². The van der Waals surface area contributed by atoms with Crippen LogP contribution in [0.2, 0.25) is 0 Å². The highest BCUT2D eigenvalue weighted by molar-refractivity contribution is 5.73. The molecule has 0 heterocycles. The Morgan fingerprint density at radius 2 is 1.56 bits per heavy atom. The lowest BCUT2D eigenvalue weighted by atomic mass is 9.96. The highest BCUT2D eigenvalue weighted by Gasteiger charge is 2.07. The van der Waals surface area contributed by atoms with Crippen LogP contribution < -0.4 is 0 Å². The van der Waals surface area contributed by atoms with E-state index < -0.39 is 0 Å². The van der Waals surface area contributed by atoms with Gasteiger partial charge in [-0.25, -0.2) is 0 Å². The summed E-state index contributed by atoms with van der Waals surface area (Å²) < 4.78 is 0. The molecule has 78 valence electrons. The van der Waals surface area contributed by atoms with E-state index in [0.29, 0.717) is 5.56 Å². The van der Waals surface area contributed by atoms with Gasteiger partial charge in [-0.15, -0.1) is 0 Å². The fraction of sp³-hybridized carbons (Fsp3) is 0.0714. The van der Waals surface area contributed by atoms with Gasteiger partial charge in [0.05, 0.1) is 18.2 Å². The summed E-state index contributed by atoms with van der Waals surface area (Å²) in [6, 6.07) is 17.1. The molecule has 2 aromatic carbocycles. The van der Waals surface area contributed by atoms with Crippen molar-refractivity contribution in [1.82, 2.24) is 0 Å². The molecule has 2 heteroatoms. The molecular formula is C14H11NO. The molecule has 0 spiro atoms. The summed E-state index contributed by atoms with van der Waals surface area (Å²) in [4.78, 5) is 0. The summed E-state index contributed by atoms with van der Waals surface area (Å²) in [5.74, 6) is 0. The molecule has 2 aromatic rings. The van der Waals surface area contributed by atoms with Crippen molar-refractivity contribution in [2.24, 2.45) is 0 Å². The van der Waals surface area contributed by atoms with Crippen molar-refractivity contribution in [3.8, 4) is 17.2 Å². The molecular weight excluding hydrogens is 198 g/mol. The summed E-state index contributed by atoms with van der Waals surface area (Å²) in [6.07, 6.45) is 0. The maximum Gasteiger partial charge on any atom is 0.0998 e. The van der Waals surface area contributed by atoms with Gasteiger partial charge in [-0.1, -0.05) is 42.5 Å². The normalized spacial score (nSPS) is 9.75. The van der Waals surface area contributed by atoms with Gasteiger partial charge in [0.25, 0.3) is 0 Å². The Balaban J connectivity index is 2.64. The monoisotopic (exact) mass is 209 g/mol. The lowest BCUT2D eigenvalue weighted by Crippen LogP contribution is -1.91. The zero-order valence-corrected chi connectivity index (χ0v) is 8.72. The number of benzene rings is 2. The number of nitriles is 1. The van der Waals surface area contributed by atoms with E-state index in [2.05, 4.69) is 6.07 Å². The summed E-state index contributed by atoms with van der Waals surface area (Å²) in [5, 5.41) is 18.3. The molecule has 1 N–H and O–H groups in total. The van der Waals surface area contributed by atoms with Crippen LogP contribution >= 0.6 is 0 Å². The maximum atomic E-state index is 9.26. The highest BCUT2D eigenvalue weighted by atomic mass is 16.3. The zero-order valence-electron chi connectivity index (χ0n) is 8.72. The molecule has 2 nitrogen and oxygen atoms in total. The molecule has 0 saturated heterocycles. The number of aliphatic hydroxyl groups is 1. The van der Waals surface area contributed by atoms with Crippen LogP contribution in [0.1, 0.15) is 11.1 Å². The molecule has 0 aliphatic heterocycles. The quantitative estimate of drug-likeness (QED) is 0.826. The second-order valence-corrected chi connectivity index (χ2v) is 3.47. The first-order chi connectivity index (χ1) is 7.86. The third kappa shape index (κ3) is 1.81. The molecule has 0 atom stereocenters. The molecule has 0 bridgehead atoms. The smallest absolute Gasteiger partial charge is 0.0998 e. The number of aliphatic hydroxyl groups excluding tert-OH is 1. The van der Waals surface area contributed by atoms with E-state index in [0.717, 1.165) is 16.7 Å². The van der Waals surface area contributed by atoms with E-state index >= 15 is 0 Å². The molecule has 0 unspecified atom stereocenters. The van der Waals surface area contributed by atoms with Crippen molar-refractivity contribution in [2.45, 2.75) is 6.61 Å². The Morgan fingerprint density at radius 3 is 2.25 bits per heavy atom. The summed E-state index contributed by atoms with van der Waals surface area (Å²) in [5.41, 5.74) is 3.26. The molecule has 2 rings (SSSR count). The molecule has 0 amide bonds. The first kappa shape index (κ1) is 10.4. The minimum absolute atomic E-state index is 0.0179. The van der Waals surface area contributed by atoms with E-state index in [-0.39, 0.29) is 6.61 Å². The number of hydrogen-bond donors (Lipinski definition) is 1. The van der Waals surface area contributed by atoms with Crippen molar-refractivity contribution in [3.63, 3.8) is 0 Å². The van der Waals surface area contributed by atoms with Crippen molar-refractivity contribution >= 4 is 0 Å². The minimum Gasteiger partial charge on any atom is -0.392 e. The topological polar surface area (TPSA) is 44.0 Å². The summed E-state index contributed by atoms with van der Waals surface area (Å²) in [7, 11) is 0. The number of hydrogen-bond acceptors (Lipinski definition) is 2. The molecule has 0 aromatic heterocycles. The van der Waals surface area contributed by atoms with Crippen LogP contribution in [0.15, 0.2) is 48.5 Å². The van der Waals surface area contributed by atoms with Gasteiger partial charge in [-0.2, -0.15) is 5.26 Å². The maximum absolute atomic E-state index is 9.26. The molecule has 0 radical (unpaired) electrons. The van der Waals surface area contributed by atoms with Crippen LogP contribution in [0, 0.1) is 11.3 Å². The van der Waals surface area contributed by atoms with Gasteiger partial charge < -0.3 is 5.11 Å². The Kier molecular flexibility index (Phi) is 3.00. The van der Waals surface area contributed by atoms with Crippen LogP contribution in [0.3, 0.4) is 0 Å². The van der Waals surface area contributed by atoms with E-state index in [4.69, 9.17) is 5.26 Å². The van der Waals surface area contributed by atoms with Crippen LogP contribution in [0.4, 0.5) is 0 Å². The lowest BCUT2D eigenvalue weighted by molar-refractivity contribution is 0.282. The van der Waals surface area contributed by atoms with Gasteiger partial charge >= 0.3 is 0 Å². The SMILES string of the molecule is N#Cc1ccccc1-c1ccccc1CO. The van der Waals surface area contributed by atoms with Crippen molar-refractivity contribution in [3.05, 3.63) is 59.7 Å². The van der Waals surface area contributed by atoms with E-state index in [1.54, 1.807) is 6.07 Å². The fourth-order valence-electron chi connectivity index (χ4n) is 1.74. The van der Waals surface area contributed by atoms with E-state index in [1.165, 1.54) is 0 Å². The summed E-state index contributed by atoms with van der Waals surface area (Å²) >= 11 is 0. The average molecular weight is 209 g/mol. The van der Waals surface area contributed by atoms with Crippen LogP contribution in [0.5, 0.6) is 0 Å².